The summed E-state index contributed by atoms with van der Waals surface area (Å²) in [6.45, 7) is 2.84. The van der Waals surface area contributed by atoms with Crippen LogP contribution in [0.5, 0.6) is 0 Å². The van der Waals surface area contributed by atoms with Crippen LogP contribution in [0.1, 0.15) is 19.8 Å². The number of ether oxygens (including phenoxy) is 2. The third-order valence-corrected chi connectivity index (χ3v) is 1.63. The average Bonchev–Trinajstić information content (AvgIpc) is 1.88. The molecule has 0 bridgehead atoms. The summed E-state index contributed by atoms with van der Waals surface area (Å²) in [5, 5.41) is 8.58. The molecule has 0 saturated carbocycles. The summed E-state index contributed by atoms with van der Waals surface area (Å²) < 4.78 is 10.5. The van der Waals surface area contributed by atoms with E-state index in [-0.39, 0.29) is 19.0 Å². The third kappa shape index (κ3) is 2.25. The van der Waals surface area contributed by atoms with Crippen LogP contribution in [0.2, 0.25) is 0 Å². The Morgan fingerprint density at radius 1 is 1.60 bits per heavy atom. The normalized spacial score (nSPS) is 34.2. The maximum Gasteiger partial charge on any atom is 0.155 e. The maximum atomic E-state index is 8.58. The predicted octanol–water partition coefficient (Wildman–Crippen LogP) is 0.520. The Morgan fingerprint density at radius 2 is 2.40 bits per heavy atom. The van der Waals surface area contributed by atoms with Gasteiger partial charge in [-0.2, -0.15) is 0 Å². The molecule has 2 atom stereocenters. The van der Waals surface area contributed by atoms with Gasteiger partial charge in [-0.05, 0) is 19.8 Å². The van der Waals surface area contributed by atoms with Gasteiger partial charge >= 0.3 is 0 Å². The first-order valence-electron chi connectivity index (χ1n) is 3.71. The first kappa shape index (κ1) is 7.98. The van der Waals surface area contributed by atoms with E-state index in [2.05, 4.69) is 0 Å². The van der Waals surface area contributed by atoms with E-state index in [1.54, 1.807) is 0 Å². The van der Waals surface area contributed by atoms with Crippen LogP contribution in [0.3, 0.4) is 0 Å². The van der Waals surface area contributed by atoms with Crippen LogP contribution in [0.15, 0.2) is 0 Å². The first-order chi connectivity index (χ1) is 4.83. The summed E-state index contributed by atoms with van der Waals surface area (Å²) in [4.78, 5) is 0. The van der Waals surface area contributed by atoms with Crippen molar-refractivity contribution in [3.8, 4) is 0 Å². The first-order valence-corrected chi connectivity index (χ1v) is 3.71. The molecule has 0 aliphatic carbocycles. The molecule has 0 spiro atoms. The zero-order valence-corrected chi connectivity index (χ0v) is 6.25. The standard InChI is InChI=1S/C7H14O3/c1-6-9-5-3-7(10-6)2-4-8/h6-8H,2-5H2,1H3. The Hall–Kier alpha value is -0.120. The molecule has 1 aliphatic heterocycles. The predicted molar refractivity (Wildman–Crippen MR) is 36.6 cm³/mol. The zero-order chi connectivity index (χ0) is 7.40. The molecule has 0 aromatic carbocycles. The van der Waals surface area contributed by atoms with Crippen molar-refractivity contribution in [2.24, 2.45) is 0 Å². The highest BCUT2D eigenvalue weighted by molar-refractivity contribution is 4.61. The second-order valence-corrected chi connectivity index (χ2v) is 2.50. The van der Waals surface area contributed by atoms with Crippen molar-refractivity contribution in [3.05, 3.63) is 0 Å². The SMILES string of the molecule is CC1OCCC(CCO)O1. The largest absolute Gasteiger partial charge is 0.396 e. The van der Waals surface area contributed by atoms with Crippen LogP contribution < -0.4 is 0 Å². The highest BCUT2D eigenvalue weighted by Crippen LogP contribution is 2.13. The van der Waals surface area contributed by atoms with Gasteiger partial charge in [-0.3, -0.25) is 0 Å². The molecule has 60 valence electrons. The van der Waals surface area contributed by atoms with Gasteiger partial charge in [0, 0.05) is 6.61 Å². The summed E-state index contributed by atoms with van der Waals surface area (Å²) in [6.07, 6.45) is 1.75. The van der Waals surface area contributed by atoms with Gasteiger partial charge in [-0.25, -0.2) is 0 Å². The highest BCUT2D eigenvalue weighted by atomic mass is 16.7. The number of hydrogen-bond donors (Lipinski definition) is 1. The van der Waals surface area contributed by atoms with Crippen molar-refractivity contribution >= 4 is 0 Å². The van der Waals surface area contributed by atoms with E-state index < -0.39 is 0 Å². The Labute approximate surface area is 60.9 Å². The van der Waals surface area contributed by atoms with Crippen molar-refractivity contribution in [1.29, 1.82) is 0 Å². The summed E-state index contributed by atoms with van der Waals surface area (Å²) in [6, 6.07) is 0. The monoisotopic (exact) mass is 146 g/mol. The lowest BCUT2D eigenvalue weighted by atomic mass is 10.2. The molecule has 1 N–H and O–H groups in total. The topological polar surface area (TPSA) is 38.7 Å². The van der Waals surface area contributed by atoms with Gasteiger partial charge in [0.25, 0.3) is 0 Å². The molecule has 0 aromatic heterocycles. The second-order valence-electron chi connectivity index (χ2n) is 2.50. The van der Waals surface area contributed by atoms with E-state index in [4.69, 9.17) is 14.6 Å². The molecule has 1 saturated heterocycles. The second kappa shape index (κ2) is 3.91. The van der Waals surface area contributed by atoms with Gasteiger partial charge in [-0.15, -0.1) is 0 Å². The molecule has 0 amide bonds. The number of hydrogen-bond acceptors (Lipinski definition) is 3. The maximum absolute atomic E-state index is 8.58. The van der Waals surface area contributed by atoms with Gasteiger partial charge in [-0.1, -0.05) is 0 Å². The molecule has 10 heavy (non-hydrogen) atoms. The fraction of sp³-hybridized carbons (Fsp3) is 1.00. The van der Waals surface area contributed by atoms with E-state index in [0.717, 1.165) is 19.4 Å². The fourth-order valence-corrected chi connectivity index (χ4v) is 1.10. The van der Waals surface area contributed by atoms with Gasteiger partial charge in [0.1, 0.15) is 0 Å². The molecule has 2 unspecified atom stereocenters. The van der Waals surface area contributed by atoms with Gasteiger partial charge in [0.05, 0.1) is 12.7 Å². The van der Waals surface area contributed by atoms with E-state index >= 15 is 0 Å². The van der Waals surface area contributed by atoms with Crippen LogP contribution in [-0.4, -0.2) is 30.7 Å². The van der Waals surface area contributed by atoms with Crippen LogP contribution >= 0.6 is 0 Å². The number of aliphatic hydroxyl groups excluding tert-OH is 1. The lowest BCUT2D eigenvalue weighted by Gasteiger charge is -2.27. The van der Waals surface area contributed by atoms with Crippen molar-refractivity contribution in [2.75, 3.05) is 13.2 Å². The van der Waals surface area contributed by atoms with Crippen molar-refractivity contribution in [2.45, 2.75) is 32.2 Å². The smallest absolute Gasteiger partial charge is 0.155 e. The molecule has 0 aromatic rings. The summed E-state index contributed by atoms with van der Waals surface area (Å²) in [5.41, 5.74) is 0. The molecular weight excluding hydrogens is 132 g/mol. The van der Waals surface area contributed by atoms with Gasteiger partial charge in [0.2, 0.25) is 0 Å². The Morgan fingerprint density at radius 3 is 3.00 bits per heavy atom. The number of aliphatic hydroxyl groups is 1. The minimum Gasteiger partial charge on any atom is -0.396 e. The van der Waals surface area contributed by atoms with Crippen molar-refractivity contribution < 1.29 is 14.6 Å². The van der Waals surface area contributed by atoms with E-state index in [9.17, 15) is 0 Å². The quantitative estimate of drug-likeness (QED) is 0.617. The minimum absolute atomic E-state index is 0.0923. The van der Waals surface area contributed by atoms with Crippen molar-refractivity contribution in [3.63, 3.8) is 0 Å². The molecule has 1 aliphatic rings. The van der Waals surface area contributed by atoms with Crippen LogP contribution in [0.4, 0.5) is 0 Å². The molecule has 1 fully saturated rings. The summed E-state index contributed by atoms with van der Waals surface area (Å²) >= 11 is 0. The molecule has 0 radical (unpaired) electrons. The van der Waals surface area contributed by atoms with Crippen LogP contribution in [0, 0.1) is 0 Å². The van der Waals surface area contributed by atoms with E-state index in [1.165, 1.54) is 0 Å². The molecule has 1 heterocycles. The third-order valence-electron chi connectivity index (χ3n) is 1.63. The van der Waals surface area contributed by atoms with E-state index in [1.807, 2.05) is 6.92 Å². The molecular formula is C7H14O3. The van der Waals surface area contributed by atoms with Crippen LogP contribution in [0.25, 0.3) is 0 Å². The van der Waals surface area contributed by atoms with Gasteiger partial charge < -0.3 is 14.6 Å². The Bertz CT molecular complexity index is 92.9. The average molecular weight is 146 g/mol. The lowest BCUT2D eigenvalue weighted by Crippen LogP contribution is -2.30. The van der Waals surface area contributed by atoms with Crippen LogP contribution in [-0.2, 0) is 9.47 Å². The summed E-state index contributed by atoms with van der Waals surface area (Å²) in [5.74, 6) is 0. The van der Waals surface area contributed by atoms with Gasteiger partial charge in [0.15, 0.2) is 6.29 Å². The Balaban J connectivity index is 2.18. The van der Waals surface area contributed by atoms with Crippen molar-refractivity contribution in [1.82, 2.24) is 0 Å². The minimum atomic E-state index is -0.0923. The molecule has 1 rings (SSSR count). The zero-order valence-electron chi connectivity index (χ0n) is 6.25. The molecule has 3 heteroatoms. The lowest BCUT2D eigenvalue weighted by molar-refractivity contribution is -0.204. The molecule has 3 nitrogen and oxygen atoms in total. The Kier molecular flexibility index (Phi) is 3.12. The number of rotatable bonds is 2. The van der Waals surface area contributed by atoms with E-state index in [0.29, 0.717) is 0 Å². The fourth-order valence-electron chi connectivity index (χ4n) is 1.10. The highest BCUT2D eigenvalue weighted by Gasteiger charge is 2.18. The summed E-state index contributed by atoms with van der Waals surface area (Å²) in [7, 11) is 0.